The highest BCUT2D eigenvalue weighted by molar-refractivity contribution is 6.30. The number of benzene rings is 1. The summed E-state index contributed by atoms with van der Waals surface area (Å²) in [5, 5.41) is 2.84. The molecule has 0 saturated carbocycles. The highest BCUT2D eigenvalue weighted by atomic mass is 35.5. The highest BCUT2D eigenvalue weighted by Crippen LogP contribution is 2.21. The van der Waals surface area contributed by atoms with E-state index < -0.39 is 24.4 Å². The summed E-state index contributed by atoms with van der Waals surface area (Å²) < 4.78 is 10.3. The molecule has 0 unspecified atom stereocenters. The average molecular weight is 343 g/mol. The lowest BCUT2D eigenvalue weighted by molar-refractivity contribution is -0.148. The number of carbonyl (C=O) groups excluding carboxylic acids is 3. The Morgan fingerprint density at radius 2 is 2.04 bits per heavy atom. The van der Waals surface area contributed by atoms with Crippen LogP contribution in [0.5, 0.6) is 5.75 Å². The second-order valence-electron chi connectivity index (χ2n) is 4.77. The summed E-state index contributed by atoms with van der Waals surface area (Å²) in [7, 11) is 0. The minimum atomic E-state index is -0.667. The number of rotatable bonds is 9. The Balaban J connectivity index is 2.16. The predicted molar refractivity (Wildman–Crippen MR) is 84.1 cm³/mol. The lowest BCUT2D eigenvalue weighted by Gasteiger charge is -2.09. The van der Waals surface area contributed by atoms with Gasteiger partial charge in [0.25, 0.3) is 5.91 Å². The number of carbonyl (C=O) groups is 3. The van der Waals surface area contributed by atoms with E-state index in [1.54, 1.807) is 18.2 Å². The first-order chi connectivity index (χ1) is 10.9. The largest absolute Gasteiger partial charge is 0.493 e. The number of nitrogens with two attached hydrogens (primary N) is 1. The molecule has 0 aromatic heterocycles. The van der Waals surface area contributed by atoms with E-state index in [0.717, 1.165) is 5.56 Å². The van der Waals surface area contributed by atoms with Crippen molar-refractivity contribution in [2.45, 2.75) is 19.8 Å². The summed E-state index contributed by atoms with van der Waals surface area (Å²) in [4.78, 5) is 33.1. The second-order valence-corrected chi connectivity index (χ2v) is 5.20. The van der Waals surface area contributed by atoms with Crippen LogP contribution >= 0.6 is 11.6 Å². The van der Waals surface area contributed by atoms with Crippen LogP contribution in [0.2, 0.25) is 5.02 Å². The summed E-state index contributed by atoms with van der Waals surface area (Å²) in [6.45, 7) is 1.49. The molecule has 1 aromatic rings. The quantitative estimate of drug-likeness (QED) is 0.513. The molecule has 0 aliphatic carbocycles. The fraction of sp³-hybridized carbons (Fsp3) is 0.400. The van der Waals surface area contributed by atoms with Gasteiger partial charge in [0.2, 0.25) is 5.91 Å². The first-order valence-corrected chi connectivity index (χ1v) is 7.36. The third kappa shape index (κ3) is 8.06. The third-order valence-electron chi connectivity index (χ3n) is 2.74. The number of halogens is 1. The second kappa shape index (κ2) is 9.68. The lowest BCUT2D eigenvalue weighted by atomic mass is 10.2. The van der Waals surface area contributed by atoms with Crippen LogP contribution < -0.4 is 15.8 Å². The molecule has 3 N–H and O–H groups in total. The summed E-state index contributed by atoms with van der Waals surface area (Å²) in [5.74, 6) is -1.06. The molecule has 0 radical (unpaired) electrons. The zero-order chi connectivity index (χ0) is 17.2. The van der Waals surface area contributed by atoms with Gasteiger partial charge in [-0.25, -0.2) is 0 Å². The van der Waals surface area contributed by atoms with E-state index in [1.165, 1.54) is 0 Å². The summed E-state index contributed by atoms with van der Waals surface area (Å²) >= 11 is 5.84. The van der Waals surface area contributed by atoms with Crippen LogP contribution in [0.4, 0.5) is 0 Å². The van der Waals surface area contributed by atoms with Crippen molar-refractivity contribution in [3.63, 3.8) is 0 Å². The number of aryl methyl sites for hydroxylation is 1. The number of ether oxygens (including phenoxy) is 2. The minimum Gasteiger partial charge on any atom is -0.493 e. The Hall–Kier alpha value is -2.28. The van der Waals surface area contributed by atoms with Gasteiger partial charge in [0.1, 0.15) is 5.75 Å². The maximum atomic E-state index is 11.4. The fourth-order valence-corrected chi connectivity index (χ4v) is 1.85. The number of primary amides is 1. The van der Waals surface area contributed by atoms with Gasteiger partial charge < -0.3 is 20.5 Å². The van der Waals surface area contributed by atoms with Crippen LogP contribution in [0.25, 0.3) is 0 Å². The lowest BCUT2D eigenvalue weighted by Crippen LogP contribution is -2.35. The molecule has 1 aromatic carbocycles. The number of esters is 1. The maximum Gasteiger partial charge on any atom is 0.306 e. The Morgan fingerprint density at radius 3 is 2.70 bits per heavy atom. The molecular formula is C15H19ClN2O5. The van der Waals surface area contributed by atoms with Gasteiger partial charge in [0.05, 0.1) is 13.2 Å². The molecule has 0 bridgehead atoms. The Morgan fingerprint density at radius 1 is 1.30 bits per heavy atom. The van der Waals surface area contributed by atoms with Crippen LogP contribution in [0, 0.1) is 6.92 Å². The third-order valence-corrected chi connectivity index (χ3v) is 2.98. The normalized spacial score (nSPS) is 10.0. The minimum absolute atomic E-state index is 0.121. The van der Waals surface area contributed by atoms with Crippen molar-refractivity contribution in [1.29, 1.82) is 0 Å². The fourth-order valence-electron chi connectivity index (χ4n) is 1.63. The first kappa shape index (κ1) is 18.8. The topological polar surface area (TPSA) is 108 Å². The molecule has 0 spiro atoms. The van der Waals surface area contributed by atoms with Gasteiger partial charge in [-0.05, 0) is 37.1 Å². The van der Waals surface area contributed by atoms with Gasteiger partial charge in [0, 0.05) is 11.4 Å². The molecule has 0 saturated heterocycles. The molecule has 0 aliphatic rings. The zero-order valence-electron chi connectivity index (χ0n) is 12.8. The molecule has 0 fully saturated rings. The molecule has 23 heavy (non-hydrogen) atoms. The summed E-state index contributed by atoms with van der Waals surface area (Å²) in [6.07, 6.45) is 0.569. The zero-order valence-corrected chi connectivity index (χ0v) is 13.5. The van der Waals surface area contributed by atoms with Gasteiger partial charge in [-0.2, -0.15) is 0 Å². The molecule has 2 amide bonds. The standard InChI is InChI=1S/C15H19ClN2O5/c1-10-7-11(16)4-5-12(10)22-6-2-3-15(21)23-9-14(20)18-8-13(17)19/h4-5,7H,2-3,6,8-9H2,1H3,(H2,17,19)(H,18,20). The van der Waals surface area contributed by atoms with E-state index >= 15 is 0 Å². The van der Waals surface area contributed by atoms with Crippen molar-refractivity contribution in [1.82, 2.24) is 5.32 Å². The summed E-state index contributed by atoms with van der Waals surface area (Å²) in [6, 6.07) is 5.28. The molecule has 8 heteroatoms. The monoisotopic (exact) mass is 342 g/mol. The van der Waals surface area contributed by atoms with E-state index in [-0.39, 0.29) is 13.0 Å². The van der Waals surface area contributed by atoms with Crippen LogP contribution in [-0.4, -0.2) is 37.5 Å². The summed E-state index contributed by atoms with van der Waals surface area (Å²) in [5.41, 5.74) is 5.77. The van der Waals surface area contributed by atoms with Gasteiger partial charge in [-0.3, -0.25) is 14.4 Å². The molecule has 0 aliphatic heterocycles. The van der Waals surface area contributed by atoms with Gasteiger partial charge >= 0.3 is 5.97 Å². The van der Waals surface area contributed by atoms with E-state index in [0.29, 0.717) is 23.8 Å². The average Bonchev–Trinajstić information content (AvgIpc) is 2.49. The van der Waals surface area contributed by atoms with Crippen LogP contribution in [-0.2, 0) is 19.1 Å². The van der Waals surface area contributed by atoms with E-state index in [2.05, 4.69) is 5.32 Å². The SMILES string of the molecule is Cc1cc(Cl)ccc1OCCCC(=O)OCC(=O)NCC(N)=O. The van der Waals surface area contributed by atoms with E-state index in [4.69, 9.17) is 26.8 Å². The van der Waals surface area contributed by atoms with Gasteiger partial charge in [0.15, 0.2) is 6.61 Å². The highest BCUT2D eigenvalue weighted by Gasteiger charge is 2.08. The van der Waals surface area contributed by atoms with Crippen molar-refractivity contribution in [2.75, 3.05) is 19.8 Å². The number of amides is 2. The Bertz CT molecular complexity index is 577. The smallest absolute Gasteiger partial charge is 0.306 e. The van der Waals surface area contributed by atoms with E-state index in [9.17, 15) is 14.4 Å². The molecule has 7 nitrogen and oxygen atoms in total. The van der Waals surface area contributed by atoms with E-state index in [1.807, 2.05) is 6.92 Å². The Labute approximate surface area is 139 Å². The Kier molecular flexibility index (Phi) is 7.90. The molecular weight excluding hydrogens is 324 g/mol. The first-order valence-electron chi connectivity index (χ1n) is 6.98. The predicted octanol–water partition coefficient (Wildman–Crippen LogP) is 0.952. The van der Waals surface area contributed by atoms with Crippen LogP contribution in [0.1, 0.15) is 18.4 Å². The molecule has 0 heterocycles. The van der Waals surface area contributed by atoms with Gasteiger partial charge in [-0.15, -0.1) is 0 Å². The maximum absolute atomic E-state index is 11.4. The number of hydrogen-bond acceptors (Lipinski definition) is 5. The van der Waals surface area contributed by atoms with Crippen molar-refractivity contribution < 1.29 is 23.9 Å². The van der Waals surface area contributed by atoms with Crippen molar-refractivity contribution >= 4 is 29.4 Å². The van der Waals surface area contributed by atoms with Crippen LogP contribution in [0.3, 0.4) is 0 Å². The van der Waals surface area contributed by atoms with Crippen molar-refractivity contribution in [3.8, 4) is 5.75 Å². The molecule has 126 valence electrons. The van der Waals surface area contributed by atoms with Crippen molar-refractivity contribution in [2.24, 2.45) is 5.73 Å². The van der Waals surface area contributed by atoms with Crippen molar-refractivity contribution in [3.05, 3.63) is 28.8 Å². The number of hydrogen-bond donors (Lipinski definition) is 2. The van der Waals surface area contributed by atoms with Gasteiger partial charge in [-0.1, -0.05) is 11.6 Å². The van der Waals surface area contributed by atoms with Crippen LogP contribution in [0.15, 0.2) is 18.2 Å². The molecule has 1 rings (SSSR count). The number of nitrogens with one attached hydrogen (secondary N) is 1. The molecule has 0 atom stereocenters.